The van der Waals surface area contributed by atoms with Gasteiger partial charge in [0.2, 0.25) is 21.8 Å². The SMILES string of the molecule is CC[C@@H](C)NC(=O)[C@H](C)N(Cc1ccccc1F)C(=O)CCCN(c1ccc(F)cc1)S(C)(=O)=O. The van der Waals surface area contributed by atoms with E-state index in [1.165, 1.54) is 23.1 Å². The fraction of sp³-hybridized carbons (Fsp3) is 0.440. The molecule has 0 bridgehead atoms. The predicted octanol–water partition coefficient (Wildman–Crippen LogP) is 3.84. The van der Waals surface area contributed by atoms with Crippen LogP contribution in [-0.4, -0.2) is 50.0 Å². The second kappa shape index (κ2) is 12.6. The van der Waals surface area contributed by atoms with E-state index in [1.54, 1.807) is 25.1 Å². The quantitative estimate of drug-likeness (QED) is 0.471. The third-order valence-corrected chi connectivity index (χ3v) is 6.93. The van der Waals surface area contributed by atoms with E-state index in [9.17, 15) is 26.8 Å². The molecule has 2 rings (SSSR count). The van der Waals surface area contributed by atoms with Gasteiger partial charge < -0.3 is 10.2 Å². The maximum atomic E-state index is 14.3. The lowest BCUT2D eigenvalue weighted by Crippen LogP contribution is -2.49. The van der Waals surface area contributed by atoms with E-state index in [-0.39, 0.29) is 49.1 Å². The minimum absolute atomic E-state index is 0.0167. The zero-order valence-electron chi connectivity index (χ0n) is 20.5. The van der Waals surface area contributed by atoms with Crippen LogP contribution >= 0.6 is 0 Å². The van der Waals surface area contributed by atoms with Crippen molar-refractivity contribution in [2.45, 2.75) is 58.7 Å². The molecule has 0 aromatic heterocycles. The van der Waals surface area contributed by atoms with Crippen LogP contribution in [0.5, 0.6) is 0 Å². The van der Waals surface area contributed by atoms with Crippen molar-refractivity contribution in [1.29, 1.82) is 0 Å². The Morgan fingerprint density at radius 2 is 1.66 bits per heavy atom. The number of rotatable bonds is 12. The van der Waals surface area contributed by atoms with Crippen LogP contribution in [0.15, 0.2) is 48.5 Å². The van der Waals surface area contributed by atoms with Crippen molar-refractivity contribution in [1.82, 2.24) is 10.2 Å². The number of anilines is 1. The molecule has 0 aliphatic heterocycles. The summed E-state index contributed by atoms with van der Waals surface area (Å²) >= 11 is 0. The molecule has 1 N–H and O–H groups in total. The Labute approximate surface area is 206 Å². The number of halogens is 2. The van der Waals surface area contributed by atoms with E-state index < -0.39 is 33.6 Å². The highest BCUT2D eigenvalue weighted by atomic mass is 32.2. The largest absolute Gasteiger partial charge is 0.352 e. The summed E-state index contributed by atoms with van der Waals surface area (Å²) in [6, 6.07) is 10.1. The molecule has 0 saturated carbocycles. The molecule has 192 valence electrons. The van der Waals surface area contributed by atoms with E-state index in [4.69, 9.17) is 0 Å². The number of nitrogens with one attached hydrogen (secondary N) is 1. The highest BCUT2D eigenvalue weighted by Crippen LogP contribution is 2.20. The Balaban J connectivity index is 2.18. The minimum atomic E-state index is -3.68. The van der Waals surface area contributed by atoms with Crippen LogP contribution in [0, 0.1) is 11.6 Å². The molecule has 0 radical (unpaired) electrons. The molecule has 35 heavy (non-hydrogen) atoms. The van der Waals surface area contributed by atoms with Crippen molar-refractivity contribution in [2.75, 3.05) is 17.1 Å². The smallest absolute Gasteiger partial charge is 0.242 e. The van der Waals surface area contributed by atoms with E-state index in [0.29, 0.717) is 6.42 Å². The minimum Gasteiger partial charge on any atom is -0.352 e. The summed E-state index contributed by atoms with van der Waals surface area (Å²) in [6.45, 7) is 5.23. The van der Waals surface area contributed by atoms with Gasteiger partial charge in [-0.25, -0.2) is 17.2 Å². The highest BCUT2D eigenvalue weighted by molar-refractivity contribution is 7.92. The number of sulfonamides is 1. The van der Waals surface area contributed by atoms with Gasteiger partial charge in [-0.15, -0.1) is 0 Å². The first-order valence-corrected chi connectivity index (χ1v) is 13.3. The van der Waals surface area contributed by atoms with E-state index in [2.05, 4.69) is 5.32 Å². The van der Waals surface area contributed by atoms with Gasteiger partial charge >= 0.3 is 0 Å². The van der Waals surface area contributed by atoms with Crippen molar-refractivity contribution < 1.29 is 26.8 Å². The van der Waals surface area contributed by atoms with Crippen molar-refractivity contribution in [2.24, 2.45) is 0 Å². The molecule has 2 aromatic carbocycles. The Bertz CT molecular complexity index is 1110. The summed E-state index contributed by atoms with van der Waals surface area (Å²) in [5, 5.41) is 2.84. The van der Waals surface area contributed by atoms with Gasteiger partial charge in [0.05, 0.1) is 11.9 Å². The van der Waals surface area contributed by atoms with Crippen LogP contribution < -0.4 is 9.62 Å². The van der Waals surface area contributed by atoms with Crippen LogP contribution in [0.4, 0.5) is 14.5 Å². The summed E-state index contributed by atoms with van der Waals surface area (Å²) in [5.41, 5.74) is 0.555. The first kappa shape index (κ1) is 28.2. The van der Waals surface area contributed by atoms with Gasteiger partial charge in [0.1, 0.15) is 17.7 Å². The van der Waals surface area contributed by atoms with Crippen molar-refractivity contribution in [3.63, 3.8) is 0 Å². The lowest BCUT2D eigenvalue weighted by molar-refractivity contribution is -0.141. The van der Waals surface area contributed by atoms with Crippen LogP contribution in [0.25, 0.3) is 0 Å². The third kappa shape index (κ3) is 8.31. The van der Waals surface area contributed by atoms with E-state index in [1.807, 2.05) is 13.8 Å². The van der Waals surface area contributed by atoms with E-state index in [0.717, 1.165) is 22.7 Å². The number of hydrogen-bond donors (Lipinski definition) is 1. The first-order valence-electron chi connectivity index (χ1n) is 11.5. The fourth-order valence-electron chi connectivity index (χ4n) is 3.47. The van der Waals surface area contributed by atoms with Gasteiger partial charge in [0.15, 0.2) is 0 Å². The summed E-state index contributed by atoms with van der Waals surface area (Å²) in [7, 11) is -3.68. The molecule has 10 heteroatoms. The van der Waals surface area contributed by atoms with Gasteiger partial charge in [-0.2, -0.15) is 0 Å². The topological polar surface area (TPSA) is 86.8 Å². The highest BCUT2D eigenvalue weighted by Gasteiger charge is 2.28. The lowest BCUT2D eigenvalue weighted by atomic mass is 10.1. The molecule has 0 spiro atoms. The molecule has 0 saturated heterocycles. The lowest BCUT2D eigenvalue weighted by Gasteiger charge is -2.30. The number of benzene rings is 2. The maximum absolute atomic E-state index is 14.3. The molecule has 0 aliphatic rings. The molecule has 2 aromatic rings. The van der Waals surface area contributed by atoms with Gasteiger partial charge in [-0.1, -0.05) is 25.1 Å². The predicted molar refractivity (Wildman–Crippen MR) is 132 cm³/mol. The summed E-state index contributed by atoms with van der Waals surface area (Å²) < 4.78 is 53.2. The third-order valence-electron chi connectivity index (χ3n) is 5.73. The molecule has 0 unspecified atom stereocenters. The average molecular weight is 510 g/mol. The Morgan fingerprint density at radius 1 is 1.03 bits per heavy atom. The van der Waals surface area contributed by atoms with Crippen LogP contribution in [-0.2, 0) is 26.2 Å². The molecule has 7 nitrogen and oxygen atoms in total. The second-order valence-electron chi connectivity index (χ2n) is 8.52. The second-order valence-corrected chi connectivity index (χ2v) is 10.4. The maximum Gasteiger partial charge on any atom is 0.242 e. The molecular weight excluding hydrogens is 476 g/mol. The zero-order valence-corrected chi connectivity index (χ0v) is 21.3. The van der Waals surface area contributed by atoms with Crippen molar-refractivity contribution in [3.05, 3.63) is 65.7 Å². The van der Waals surface area contributed by atoms with Crippen LogP contribution in [0.1, 0.15) is 45.6 Å². The van der Waals surface area contributed by atoms with Crippen LogP contribution in [0.3, 0.4) is 0 Å². The Kier molecular flexibility index (Phi) is 10.2. The molecule has 0 heterocycles. The van der Waals surface area contributed by atoms with Crippen LogP contribution in [0.2, 0.25) is 0 Å². The normalized spacial score (nSPS) is 13.1. The number of amides is 2. The first-order chi connectivity index (χ1) is 16.4. The Morgan fingerprint density at radius 3 is 2.23 bits per heavy atom. The fourth-order valence-corrected chi connectivity index (χ4v) is 4.43. The van der Waals surface area contributed by atoms with Gasteiger partial charge in [-0.3, -0.25) is 13.9 Å². The Hall–Kier alpha value is -3.01. The molecule has 0 aliphatic carbocycles. The summed E-state index contributed by atoms with van der Waals surface area (Å²) in [4.78, 5) is 27.2. The standard InChI is InChI=1S/C25H33F2N3O4S/c1-5-18(2)28-25(32)19(3)29(17-20-9-6-7-10-23(20)27)24(31)11-8-16-30(35(4,33)34)22-14-12-21(26)13-15-22/h6-7,9-10,12-15,18-19H,5,8,11,16-17H2,1-4H3,(H,28,32)/t18-,19+/m1/s1. The van der Waals surface area contributed by atoms with Gasteiger partial charge in [-0.05, 0) is 57.0 Å². The summed E-state index contributed by atoms with van der Waals surface area (Å²) in [6.07, 6.45) is 1.83. The van der Waals surface area contributed by atoms with Crippen molar-refractivity contribution >= 4 is 27.5 Å². The molecule has 2 amide bonds. The monoisotopic (exact) mass is 509 g/mol. The number of hydrogen-bond acceptors (Lipinski definition) is 4. The summed E-state index contributed by atoms with van der Waals surface area (Å²) in [5.74, 6) is -1.74. The molecule has 0 fully saturated rings. The molecule has 2 atom stereocenters. The number of carbonyl (C=O) groups is 2. The zero-order chi connectivity index (χ0) is 26.2. The van der Waals surface area contributed by atoms with E-state index >= 15 is 0 Å². The number of carbonyl (C=O) groups excluding carboxylic acids is 2. The average Bonchev–Trinajstić information content (AvgIpc) is 2.80. The van der Waals surface area contributed by atoms with Gasteiger partial charge in [0, 0.05) is 31.1 Å². The van der Waals surface area contributed by atoms with Gasteiger partial charge in [0.25, 0.3) is 0 Å². The van der Waals surface area contributed by atoms with Crippen molar-refractivity contribution in [3.8, 4) is 0 Å². The number of nitrogens with zero attached hydrogens (tertiary/aromatic N) is 2. The molecular formula is C25H33F2N3O4S.